The van der Waals surface area contributed by atoms with Crippen LogP contribution in [0.5, 0.6) is 0 Å². The van der Waals surface area contributed by atoms with Crippen molar-refractivity contribution in [3.63, 3.8) is 0 Å². The lowest BCUT2D eigenvalue weighted by molar-refractivity contribution is -0.139. The van der Waals surface area contributed by atoms with E-state index in [1.165, 1.54) is 9.80 Å². The summed E-state index contributed by atoms with van der Waals surface area (Å²) in [5, 5.41) is 11.8. The molecule has 7 heteroatoms. The molecule has 7 nitrogen and oxygen atoms in total. The highest BCUT2D eigenvalue weighted by Crippen LogP contribution is 2.35. The fourth-order valence-electron chi connectivity index (χ4n) is 2.37. The van der Waals surface area contributed by atoms with Gasteiger partial charge < -0.3 is 20.2 Å². The van der Waals surface area contributed by atoms with E-state index in [9.17, 15) is 14.4 Å². The van der Waals surface area contributed by atoms with Gasteiger partial charge in [0.15, 0.2) is 0 Å². The number of carbonyl (C=O) groups is 3. The van der Waals surface area contributed by atoms with Crippen LogP contribution < -0.4 is 5.32 Å². The third-order valence-corrected chi connectivity index (χ3v) is 3.78. The van der Waals surface area contributed by atoms with Gasteiger partial charge in [0.2, 0.25) is 5.91 Å². The average molecular weight is 299 g/mol. The van der Waals surface area contributed by atoms with Gasteiger partial charge in [-0.25, -0.2) is 4.79 Å². The molecule has 0 bridgehead atoms. The second kappa shape index (κ2) is 7.28. The number of carboxylic acid groups (broad SMARTS) is 1. The number of carbonyl (C=O) groups excluding carboxylic acids is 2. The molecule has 21 heavy (non-hydrogen) atoms. The van der Waals surface area contributed by atoms with Crippen molar-refractivity contribution in [2.75, 3.05) is 27.2 Å². The lowest BCUT2D eigenvalue weighted by Crippen LogP contribution is -2.59. The molecular formula is C14H25N3O4. The quantitative estimate of drug-likeness (QED) is 0.730. The number of nitrogens with one attached hydrogen (secondary N) is 1. The van der Waals surface area contributed by atoms with Crippen LogP contribution in [0.2, 0.25) is 0 Å². The maximum absolute atomic E-state index is 12.3. The van der Waals surface area contributed by atoms with E-state index in [0.717, 1.165) is 12.8 Å². The van der Waals surface area contributed by atoms with Crippen molar-refractivity contribution in [2.24, 2.45) is 0 Å². The summed E-state index contributed by atoms with van der Waals surface area (Å²) >= 11 is 0. The van der Waals surface area contributed by atoms with E-state index in [4.69, 9.17) is 5.11 Å². The Hall–Kier alpha value is -1.79. The number of hydrogen-bond donors (Lipinski definition) is 2. The largest absolute Gasteiger partial charge is 0.481 e. The van der Waals surface area contributed by atoms with E-state index in [0.29, 0.717) is 19.4 Å². The number of amides is 3. The lowest BCUT2D eigenvalue weighted by atomic mass is 9.74. The van der Waals surface area contributed by atoms with E-state index < -0.39 is 11.5 Å². The molecule has 0 spiro atoms. The predicted octanol–water partition coefficient (Wildman–Crippen LogP) is 0.894. The Morgan fingerprint density at radius 3 is 2.24 bits per heavy atom. The van der Waals surface area contributed by atoms with Gasteiger partial charge >= 0.3 is 12.0 Å². The molecule has 2 N–H and O–H groups in total. The number of aliphatic carboxylic acids is 1. The number of likely N-dealkylation sites (N-methyl/N-ethyl adjacent to an activating group) is 1. The summed E-state index contributed by atoms with van der Waals surface area (Å²) in [6, 6.07) is -0.354. The molecule has 0 aromatic carbocycles. The maximum Gasteiger partial charge on any atom is 0.318 e. The summed E-state index contributed by atoms with van der Waals surface area (Å²) < 4.78 is 0. The molecule has 0 aliphatic heterocycles. The molecular weight excluding hydrogens is 274 g/mol. The highest BCUT2D eigenvalue weighted by Gasteiger charge is 2.41. The van der Waals surface area contributed by atoms with Crippen LogP contribution >= 0.6 is 0 Å². The minimum absolute atomic E-state index is 0.00975. The second-order valence-corrected chi connectivity index (χ2v) is 5.84. The summed E-state index contributed by atoms with van der Waals surface area (Å²) in [5.74, 6) is -1.07. The normalized spacial score (nSPS) is 15.8. The van der Waals surface area contributed by atoms with E-state index in [-0.39, 0.29) is 24.9 Å². The summed E-state index contributed by atoms with van der Waals surface area (Å²) in [7, 11) is 3.28. The number of rotatable bonds is 7. The summed E-state index contributed by atoms with van der Waals surface area (Å²) in [6.07, 6.45) is 2.93. The predicted molar refractivity (Wildman–Crippen MR) is 77.9 cm³/mol. The number of carboxylic acids is 1. The SMILES string of the molecule is CCCN(CC(=O)N(C)C)C(=O)NC1(CC(=O)O)CCC1. The Labute approximate surface area is 125 Å². The zero-order valence-corrected chi connectivity index (χ0v) is 13.0. The minimum atomic E-state index is -0.915. The van der Waals surface area contributed by atoms with Crippen LogP contribution in [0.1, 0.15) is 39.0 Å². The molecule has 0 radical (unpaired) electrons. The molecule has 1 saturated carbocycles. The van der Waals surface area contributed by atoms with E-state index in [1.807, 2.05) is 6.92 Å². The van der Waals surface area contributed by atoms with Crippen molar-refractivity contribution in [3.05, 3.63) is 0 Å². The van der Waals surface area contributed by atoms with E-state index in [1.54, 1.807) is 14.1 Å². The van der Waals surface area contributed by atoms with Crippen molar-refractivity contribution in [1.82, 2.24) is 15.1 Å². The Bertz CT molecular complexity index is 405. The minimum Gasteiger partial charge on any atom is -0.481 e. The van der Waals surface area contributed by atoms with Crippen molar-refractivity contribution < 1.29 is 19.5 Å². The monoisotopic (exact) mass is 299 g/mol. The molecule has 1 aliphatic carbocycles. The first kappa shape index (κ1) is 17.3. The van der Waals surface area contributed by atoms with Gasteiger partial charge in [0.05, 0.1) is 12.0 Å². The number of urea groups is 1. The van der Waals surface area contributed by atoms with Crippen molar-refractivity contribution in [2.45, 2.75) is 44.6 Å². The first-order valence-corrected chi connectivity index (χ1v) is 7.28. The molecule has 0 aromatic heterocycles. The molecule has 0 aromatic rings. The van der Waals surface area contributed by atoms with Gasteiger partial charge in [-0.1, -0.05) is 6.92 Å². The van der Waals surface area contributed by atoms with Crippen LogP contribution in [0.3, 0.4) is 0 Å². The van der Waals surface area contributed by atoms with Gasteiger partial charge in [0, 0.05) is 20.6 Å². The molecule has 0 heterocycles. The molecule has 1 fully saturated rings. The average Bonchev–Trinajstić information content (AvgIpc) is 2.34. The first-order chi connectivity index (χ1) is 9.79. The fraction of sp³-hybridized carbons (Fsp3) is 0.786. The molecule has 3 amide bonds. The second-order valence-electron chi connectivity index (χ2n) is 5.84. The maximum atomic E-state index is 12.3. The van der Waals surface area contributed by atoms with Crippen molar-refractivity contribution >= 4 is 17.9 Å². The van der Waals surface area contributed by atoms with Crippen LogP contribution in [-0.4, -0.2) is 65.5 Å². The third-order valence-electron chi connectivity index (χ3n) is 3.78. The van der Waals surface area contributed by atoms with Gasteiger partial charge in [0.25, 0.3) is 0 Å². The molecule has 1 aliphatic rings. The van der Waals surface area contributed by atoms with Crippen LogP contribution in [0.25, 0.3) is 0 Å². The van der Waals surface area contributed by atoms with E-state index in [2.05, 4.69) is 5.32 Å². The highest BCUT2D eigenvalue weighted by molar-refractivity contribution is 5.84. The number of nitrogens with zero attached hydrogens (tertiary/aromatic N) is 2. The Morgan fingerprint density at radius 2 is 1.86 bits per heavy atom. The number of hydrogen-bond acceptors (Lipinski definition) is 3. The van der Waals surface area contributed by atoms with Crippen molar-refractivity contribution in [1.29, 1.82) is 0 Å². The van der Waals surface area contributed by atoms with Crippen LogP contribution in [0.15, 0.2) is 0 Å². The molecule has 0 saturated heterocycles. The molecule has 120 valence electrons. The van der Waals surface area contributed by atoms with Gasteiger partial charge in [-0.15, -0.1) is 0 Å². The van der Waals surface area contributed by atoms with Gasteiger partial charge in [-0.05, 0) is 25.7 Å². The third kappa shape index (κ3) is 4.91. The van der Waals surface area contributed by atoms with Gasteiger partial charge in [-0.2, -0.15) is 0 Å². The highest BCUT2D eigenvalue weighted by atomic mass is 16.4. The molecule has 0 unspecified atom stereocenters. The molecule has 1 rings (SSSR count). The van der Waals surface area contributed by atoms with Crippen LogP contribution in [-0.2, 0) is 9.59 Å². The van der Waals surface area contributed by atoms with Gasteiger partial charge in [-0.3, -0.25) is 9.59 Å². The summed E-state index contributed by atoms with van der Waals surface area (Å²) in [5.41, 5.74) is -0.643. The zero-order chi connectivity index (χ0) is 16.0. The summed E-state index contributed by atoms with van der Waals surface area (Å²) in [4.78, 5) is 37.9. The Kier molecular flexibility index (Phi) is 5.99. The topological polar surface area (TPSA) is 90.0 Å². The van der Waals surface area contributed by atoms with Gasteiger partial charge in [0.1, 0.15) is 6.54 Å². The standard InChI is InChI=1S/C14H25N3O4/c1-4-8-17(10-11(18)16(2)3)13(21)15-14(6-5-7-14)9-12(19)20/h4-10H2,1-3H3,(H,15,21)(H,19,20). The summed E-state index contributed by atoms with van der Waals surface area (Å²) in [6.45, 7) is 2.40. The fourth-order valence-corrected chi connectivity index (χ4v) is 2.37. The molecule has 0 atom stereocenters. The Morgan fingerprint density at radius 1 is 1.24 bits per heavy atom. The van der Waals surface area contributed by atoms with E-state index >= 15 is 0 Å². The first-order valence-electron chi connectivity index (χ1n) is 7.28. The van der Waals surface area contributed by atoms with Crippen molar-refractivity contribution in [3.8, 4) is 0 Å². The Balaban J connectivity index is 2.67. The smallest absolute Gasteiger partial charge is 0.318 e. The van der Waals surface area contributed by atoms with Crippen LogP contribution in [0.4, 0.5) is 4.79 Å². The van der Waals surface area contributed by atoms with Crippen LogP contribution in [0, 0.1) is 0 Å². The zero-order valence-electron chi connectivity index (χ0n) is 13.0. The lowest BCUT2D eigenvalue weighted by Gasteiger charge is -2.42.